The number of halogens is 1. The lowest BCUT2D eigenvalue weighted by Crippen LogP contribution is -2.29. The fraction of sp³-hybridized carbons (Fsp3) is 0.647. The molecule has 0 spiro atoms. The van der Waals surface area contributed by atoms with Crippen molar-refractivity contribution in [3.63, 3.8) is 0 Å². The van der Waals surface area contributed by atoms with Crippen molar-refractivity contribution in [3.8, 4) is 0 Å². The molecule has 0 bridgehead atoms. The van der Waals surface area contributed by atoms with E-state index < -0.39 is 0 Å². The smallest absolute Gasteiger partial charge is 0.159 e. The minimum atomic E-state index is -0.126. The van der Waals surface area contributed by atoms with Crippen LogP contribution in [0, 0.1) is 5.92 Å². The molecule has 2 atom stereocenters. The van der Waals surface area contributed by atoms with Crippen molar-refractivity contribution in [2.75, 3.05) is 6.54 Å². The number of pyridine rings is 1. The van der Waals surface area contributed by atoms with Crippen molar-refractivity contribution < 1.29 is 5.11 Å². The number of hydrogen-bond acceptors (Lipinski definition) is 4. The first-order valence-corrected chi connectivity index (χ1v) is 8.83. The Hall–Kier alpha value is -1.17. The fourth-order valence-corrected chi connectivity index (χ4v) is 3.56. The predicted molar refractivity (Wildman–Crippen MR) is 92.6 cm³/mol. The first-order chi connectivity index (χ1) is 11.0. The fourth-order valence-electron chi connectivity index (χ4n) is 3.36. The molecular formula is C17H25ClN4O. The summed E-state index contributed by atoms with van der Waals surface area (Å²) in [6.45, 7) is 5.77. The summed E-state index contributed by atoms with van der Waals surface area (Å²) in [7, 11) is 0. The van der Waals surface area contributed by atoms with Crippen molar-refractivity contribution >= 4 is 22.6 Å². The van der Waals surface area contributed by atoms with Crippen molar-refractivity contribution in [2.24, 2.45) is 5.92 Å². The highest BCUT2D eigenvalue weighted by Crippen LogP contribution is 2.25. The molecule has 0 radical (unpaired) electrons. The van der Waals surface area contributed by atoms with E-state index in [0.717, 1.165) is 42.4 Å². The van der Waals surface area contributed by atoms with Gasteiger partial charge in [-0.05, 0) is 51.6 Å². The third-order valence-electron chi connectivity index (χ3n) is 4.59. The molecule has 2 aromatic rings. The van der Waals surface area contributed by atoms with E-state index in [1.165, 1.54) is 6.42 Å². The first-order valence-electron chi connectivity index (χ1n) is 8.46. The lowest BCUT2D eigenvalue weighted by atomic mass is 9.87. The van der Waals surface area contributed by atoms with Crippen LogP contribution in [0.25, 0.3) is 11.0 Å². The van der Waals surface area contributed by atoms with Crippen LogP contribution < -0.4 is 5.32 Å². The number of aromatic nitrogens is 3. The molecule has 1 fully saturated rings. The van der Waals surface area contributed by atoms with Gasteiger partial charge in [0.15, 0.2) is 5.65 Å². The van der Waals surface area contributed by atoms with E-state index >= 15 is 0 Å². The molecule has 1 saturated carbocycles. The van der Waals surface area contributed by atoms with E-state index in [4.69, 9.17) is 11.6 Å². The molecule has 1 aliphatic rings. The summed E-state index contributed by atoms with van der Waals surface area (Å²) in [5.74, 6) is 0.554. The van der Waals surface area contributed by atoms with Crippen LogP contribution >= 0.6 is 11.6 Å². The van der Waals surface area contributed by atoms with E-state index in [0.29, 0.717) is 17.6 Å². The van der Waals surface area contributed by atoms with Gasteiger partial charge in [0.05, 0.1) is 12.3 Å². The second-order valence-corrected chi connectivity index (χ2v) is 7.21. The van der Waals surface area contributed by atoms with Crippen LogP contribution in [0.3, 0.4) is 0 Å². The third-order valence-corrected chi connectivity index (χ3v) is 4.92. The van der Waals surface area contributed by atoms with Gasteiger partial charge in [-0.2, -0.15) is 5.10 Å². The molecule has 2 heterocycles. The number of nitrogens with zero attached hydrogens (tertiary/aromatic N) is 3. The Bertz CT molecular complexity index is 670. The average Bonchev–Trinajstić information content (AvgIpc) is 2.90. The van der Waals surface area contributed by atoms with Gasteiger partial charge >= 0.3 is 0 Å². The lowest BCUT2D eigenvalue weighted by Gasteiger charge is -2.26. The van der Waals surface area contributed by atoms with Crippen molar-refractivity contribution in [1.29, 1.82) is 0 Å². The zero-order chi connectivity index (χ0) is 16.4. The maximum Gasteiger partial charge on any atom is 0.159 e. The molecule has 2 unspecified atom stereocenters. The van der Waals surface area contributed by atoms with Crippen LogP contribution in [-0.4, -0.2) is 32.5 Å². The van der Waals surface area contributed by atoms with Crippen LogP contribution in [0.2, 0.25) is 5.15 Å². The maximum atomic E-state index is 9.74. The molecule has 3 rings (SSSR count). The normalized spacial score (nSPS) is 22.1. The highest BCUT2D eigenvalue weighted by Gasteiger charge is 2.19. The van der Waals surface area contributed by atoms with Gasteiger partial charge < -0.3 is 10.4 Å². The van der Waals surface area contributed by atoms with Gasteiger partial charge in [-0.3, -0.25) is 0 Å². The van der Waals surface area contributed by atoms with Gasteiger partial charge in [0, 0.05) is 23.5 Å². The minimum absolute atomic E-state index is 0.126. The lowest BCUT2D eigenvalue weighted by molar-refractivity contribution is 0.101. The quantitative estimate of drug-likeness (QED) is 0.822. The Balaban J connectivity index is 1.65. The summed E-state index contributed by atoms with van der Waals surface area (Å²) in [4.78, 5) is 4.52. The Kier molecular flexibility index (Phi) is 5.19. The largest absolute Gasteiger partial charge is 0.393 e. The predicted octanol–water partition coefficient (Wildman–Crippen LogP) is 3.31. The van der Waals surface area contributed by atoms with Crippen LogP contribution in [0.5, 0.6) is 0 Å². The Morgan fingerprint density at radius 1 is 1.43 bits per heavy atom. The highest BCUT2D eigenvalue weighted by molar-refractivity contribution is 6.30. The van der Waals surface area contributed by atoms with Crippen LogP contribution in [0.15, 0.2) is 12.3 Å². The van der Waals surface area contributed by atoms with Gasteiger partial charge in [-0.25, -0.2) is 9.67 Å². The monoisotopic (exact) mass is 336 g/mol. The van der Waals surface area contributed by atoms with Crippen molar-refractivity contribution in [1.82, 2.24) is 20.1 Å². The SMILES string of the molecule is CC(C)n1ncc2cc(CNCC3CCCC(O)C3)c(Cl)nc21. The van der Waals surface area contributed by atoms with E-state index in [-0.39, 0.29) is 12.1 Å². The molecule has 126 valence electrons. The Morgan fingerprint density at radius 3 is 3.00 bits per heavy atom. The van der Waals surface area contributed by atoms with Crippen LogP contribution in [0.4, 0.5) is 0 Å². The van der Waals surface area contributed by atoms with Crippen LogP contribution in [0.1, 0.15) is 51.1 Å². The molecule has 0 saturated heterocycles. The average molecular weight is 337 g/mol. The summed E-state index contributed by atoms with van der Waals surface area (Å²) < 4.78 is 1.89. The topological polar surface area (TPSA) is 63.0 Å². The molecule has 5 nitrogen and oxygen atoms in total. The Morgan fingerprint density at radius 2 is 2.26 bits per heavy atom. The second kappa shape index (κ2) is 7.16. The van der Waals surface area contributed by atoms with Gasteiger partial charge in [0.2, 0.25) is 0 Å². The van der Waals surface area contributed by atoms with Crippen molar-refractivity contribution in [2.45, 2.75) is 58.2 Å². The number of fused-ring (bicyclic) bond motifs is 1. The molecular weight excluding hydrogens is 312 g/mol. The first kappa shape index (κ1) is 16.7. The molecule has 2 N–H and O–H groups in total. The molecule has 23 heavy (non-hydrogen) atoms. The minimum Gasteiger partial charge on any atom is -0.393 e. The van der Waals surface area contributed by atoms with Gasteiger partial charge in [0.25, 0.3) is 0 Å². The van der Waals surface area contributed by atoms with Gasteiger partial charge in [-0.1, -0.05) is 18.0 Å². The summed E-state index contributed by atoms with van der Waals surface area (Å²) >= 11 is 6.35. The number of rotatable bonds is 5. The second-order valence-electron chi connectivity index (χ2n) is 6.85. The standard InChI is InChI=1S/C17H25ClN4O/c1-11(2)22-17-14(10-20-22)7-13(16(18)21-17)9-19-8-12-4-3-5-15(23)6-12/h7,10-12,15,19,23H,3-6,8-9H2,1-2H3. The van der Waals surface area contributed by atoms with Crippen LogP contribution in [-0.2, 0) is 6.54 Å². The third kappa shape index (κ3) is 3.84. The number of aliphatic hydroxyl groups excluding tert-OH is 1. The zero-order valence-electron chi connectivity index (χ0n) is 13.8. The van der Waals surface area contributed by atoms with Gasteiger partial charge in [-0.15, -0.1) is 0 Å². The number of hydrogen-bond donors (Lipinski definition) is 2. The molecule has 0 aromatic carbocycles. The maximum absolute atomic E-state index is 9.74. The van der Waals surface area contributed by atoms with E-state index in [1.54, 1.807) is 0 Å². The number of nitrogens with one attached hydrogen (secondary N) is 1. The summed E-state index contributed by atoms with van der Waals surface area (Å²) in [6, 6.07) is 2.33. The number of aliphatic hydroxyl groups is 1. The molecule has 0 amide bonds. The summed E-state index contributed by atoms with van der Waals surface area (Å²) in [5.41, 5.74) is 1.84. The molecule has 1 aliphatic carbocycles. The molecule has 6 heteroatoms. The van der Waals surface area contributed by atoms with Gasteiger partial charge in [0.1, 0.15) is 5.15 Å². The van der Waals surface area contributed by atoms with E-state index in [9.17, 15) is 5.11 Å². The zero-order valence-corrected chi connectivity index (χ0v) is 14.6. The van der Waals surface area contributed by atoms with Crippen molar-refractivity contribution in [3.05, 3.63) is 23.0 Å². The van der Waals surface area contributed by atoms with E-state index in [1.807, 2.05) is 10.9 Å². The summed E-state index contributed by atoms with van der Waals surface area (Å²) in [5, 5.41) is 19.1. The molecule has 0 aliphatic heterocycles. The van der Waals surface area contributed by atoms with E-state index in [2.05, 4.69) is 35.3 Å². The highest BCUT2D eigenvalue weighted by atomic mass is 35.5. The Labute approximate surface area is 142 Å². The molecule has 2 aromatic heterocycles. The summed E-state index contributed by atoms with van der Waals surface area (Å²) in [6.07, 6.45) is 5.88.